The van der Waals surface area contributed by atoms with Crippen LogP contribution in [0.1, 0.15) is 20.7 Å². The number of carbonyl (C=O) groups excluding carboxylic acids is 1. The minimum absolute atomic E-state index is 0.0372. The average Bonchev–Trinajstić information content (AvgIpc) is 2.67. The summed E-state index contributed by atoms with van der Waals surface area (Å²) in [6, 6.07) is 9.16. The monoisotopic (exact) mass is 375 g/mol. The third kappa shape index (κ3) is 5.11. The molecule has 8 heteroatoms. The minimum atomic E-state index is -1.15. The molecule has 144 valence electrons. The molecule has 0 aliphatic heterocycles. The van der Waals surface area contributed by atoms with E-state index in [2.05, 4.69) is 5.32 Å². The van der Waals surface area contributed by atoms with E-state index in [1.165, 1.54) is 26.4 Å². The molecule has 0 bridgehead atoms. The summed E-state index contributed by atoms with van der Waals surface area (Å²) < 4.78 is 20.8. The van der Waals surface area contributed by atoms with Gasteiger partial charge < -0.3 is 29.4 Å². The summed E-state index contributed by atoms with van der Waals surface area (Å²) in [5.74, 6) is -0.536. The number of carboxylic acids is 1. The third-order valence-electron chi connectivity index (χ3n) is 3.65. The van der Waals surface area contributed by atoms with E-state index >= 15 is 0 Å². The smallest absolute Gasteiger partial charge is 0.335 e. The Morgan fingerprint density at radius 1 is 0.963 bits per heavy atom. The summed E-state index contributed by atoms with van der Waals surface area (Å²) in [5, 5.41) is 11.9. The van der Waals surface area contributed by atoms with Crippen molar-refractivity contribution in [3.05, 3.63) is 47.5 Å². The van der Waals surface area contributed by atoms with Gasteiger partial charge in [0, 0.05) is 12.7 Å². The Morgan fingerprint density at radius 2 is 1.67 bits per heavy atom. The molecule has 27 heavy (non-hydrogen) atoms. The van der Waals surface area contributed by atoms with Crippen molar-refractivity contribution in [2.45, 2.75) is 0 Å². The molecule has 0 aliphatic rings. The van der Waals surface area contributed by atoms with Gasteiger partial charge in [0.2, 0.25) is 0 Å². The topological polar surface area (TPSA) is 103 Å². The lowest BCUT2D eigenvalue weighted by molar-refractivity contribution is 0.0696. The first-order valence-electron chi connectivity index (χ1n) is 8.02. The van der Waals surface area contributed by atoms with Crippen molar-refractivity contribution < 1.29 is 33.6 Å². The lowest BCUT2D eigenvalue weighted by Gasteiger charge is -2.15. The molecule has 0 atom stereocenters. The summed E-state index contributed by atoms with van der Waals surface area (Å²) in [4.78, 5) is 23.8. The highest BCUT2D eigenvalue weighted by Crippen LogP contribution is 2.37. The Balaban J connectivity index is 2.21. The van der Waals surface area contributed by atoms with Crippen LogP contribution in [0.5, 0.6) is 17.2 Å². The number of rotatable bonds is 9. The van der Waals surface area contributed by atoms with Crippen LogP contribution < -0.4 is 19.5 Å². The summed E-state index contributed by atoms with van der Waals surface area (Å²) in [7, 11) is 4.37. The van der Waals surface area contributed by atoms with E-state index in [9.17, 15) is 14.7 Å². The maximum absolute atomic E-state index is 12.5. The Kier molecular flexibility index (Phi) is 7.01. The van der Waals surface area contributed by atoms with Crippen LogP contribution in [0.3, 0.4) is 0 Å². The lowest BCUT2D eigenvalue weighted by Crippen LogP contribution is -2.14. The Morgan fingerprint density at radius 3 is 2.22 bits per heavy atom. The van der Waals surface area contributed by atoms with Gasteiger partial charge in [-0.05, 0) is 36.4 Å². The fourth-order valence-electron chi connectivity index (χ4n) is 2.32. The van der Waals surface area contributed by atoms with Crippen molar-refractivity contribution in [3.8, 4) is 17.2 Å². The quantitative estimate of drug-likeness (QED) is 0.650. The van der Waals surface area contributed by atoms with Gasteiger partial charge in [-0.3, -0.25) is 4.79 Å². The molecule has 2 aromatic rings. The maximum atomic E-state index is 12.5. The summed E-state index contributed by atoms with van der Waals surface area (Å²) in [5.41, 5.74) is 0.528. The van der Waals surface area contributed by atoms with Crippen molar-refractivity contribution in [2.24, 2.45) is 0 Å². The molecule has 1 amide bonds. The zero-order chi connectivity index (χ0) is 19.8. The van der Waals surface area contributed by atoms with Gasteiger partial charge in [-0.25, -0.2) is 4.79 Å². The first-order valence-corrected chi connectivity index (χ1v) is 8.02. The van der Waals surface area contributed by atoms with Crippen molar-refractivity contribution in [1.29, 1.82) is 0 Å². The zero-order valence-electron chi connectivity index (χ0n) is 15.3. The Labute approximate surface area is 156 Å². The Hall–Kier alpha value is -3.26. The number of methoxy groups -OCH3 is 3. The van der Waals surface area contributed by atoms with Gasteiger partial charge in [0.25, 0.3) is 5.91 Å². The number of hydrogen-bond acceptors (Lipinski definition) is 6. The molecule has 2 rings (SSSR count). The second-order valence-electron chi connectivity index (χ2n) is 5.38. The highest BCUT2D eigenvalue weighted by Gasteiger charge is 2.18. The van der Waals surface area contributed by atoms with Gasteiger partial charge in [-0.2, -0.15) is 0 Å². The van der Waals surface area contributed by atoms with Gasteiger partial charge in [0.15, 0.2) is 11.5 Å². The number of carbonyl (C=O) groups is 2. The molecule has 8 nitrogen and oxygen atoms in total. The molecule has 0 aromatic heterocycles. The minimum Gasteiger partial charge on any atom is -0.493 e. The van der Waals surface area contributed by atoms with Crippen molar-refractivity contribution in [2.75, 3.05) is 39.9 Å². The predicted molar refractivity (Wildman–Crippen MR) is 98.3 cm³/mol. The number of anilines is 1. The molecule has 0 spiro atoms. The van der Waals surface area contributed by atoms with Gasteiger partial charge in [0.05, 0.1) is 32.1 Å². The van der Waals surface area contributed by atoms with Crippen molar-refractivity contribution in [3.63, 3.8) is 0 Å². The van der Waals surface area contributed by atoms with E-state index < -0.39 is 11.9 Å². The zero-order valence-corrected chi connectivity index (χ0v) is 15.3. The van der Waals surface area contributed by atoms with Crippen LogP contribution in [-0.4, -0.2) is 51.5 Å². The van der Waals surface area contributed by atoms with Gasteiger partial charge >= 0.3 is 5.97 Å². The van der Waals surface area contributed by atoms with Crippen LogP contribution >= 0.6 is 0 Å². The number of carboxylic acid groups (broad SMARTS) is 1. The number of nitrogens with one attached hydrogen (secondary N) is 1. The van der Waals surface area contributed by atoms with E-state index in [-0.39, 0.29) is 22.7 Å². The molecule has 2 N–H and O–H groups in total. The lowest BCUT2D eigenvalue weighted by atomic mass is 10.1. The molecule has 0 radical (unpaired) electrons. The third-order valence-corrected chi connectivity index (χ3v) is 3.65. The van der Waals surface area contributed by atoms with E-state index in [4.69, 9.17) is 18.9 Å². The normalized spacial score (nSPS) is 10.2. The highest BCUT2D eigenvalue weighted by atomic mass is 16.5. The molecule has 0 aliphatic carbocycles. The second kappa shape index (κ2) is 9.44. The number of amides is 1. The van der Waals surface area contributed by atoms with E-state index in [0.29, 0.717) is 24.5 Å². The summed E-state index contributed by atoms with van der Waals surface area (Å²) in [6.07, 6.45) is 0. The fraction of sp³-hybridized carbons (Fsp3) is 0.263. The van der Waals surface area contributed by atoms with Crippen molar-refractivity contribution >= 4 is 17.6 Å². The molecule has 0 heterocycles. The van der Waals surface area contributed by atoms with E-state index in [1.807, 2.05) is 0 Å². The van der Waals surface area contributed by atoms with Gasteiger partial charge in [-0.15, -0.1) is 0 Å². The molecule has 0 unspecified atom stereocenters. The summed E-state index contributed by atoms with van der Waals surface area (Å²) in [6.45, 7) is 0.866. The first-order chi connectivity index (χ1) is 13.0. The largest absolute Gasteiger partial charge is 0.493 e. The van der Waals surface area contributed by atoms with Gasteiger partial charge in [0.1, 0.15) is 12.4 Å². The molecule has 0 saturated carbocycles. The SMILES string of the molecule is COCCOc1ccc(C(=O)Nc2cc(C(=O)O)cc(OC)c2OC)cc1. The molecule has 2 aromatic carbocycles. The number of hydrogen-bond donors (Lipinski definition) is 2. The van der Waals surface area contributed by atoms with Crippen LogP contribution in [0.15, 0.2) is 36.4 Å². The van der Waals surface area contributed by atoms with Crippen LogP contribution in [0.4, 0.5) is 5.69 Å². The standard InChI is InChI=1S/C19H21NO7/c1-24-8-9-27-14-6-4-12(5-7-14)18(21)20-15-10-13(19(22)23)11-16(25-2)17(15)26-3/h4-7,10-11H,8-9H2,1-3H3,(H,20,21)(H,22,23). The predicted octanol–water partition coefficient (Wildman–Crippen LogP) is 2.68. The van der Waals surface area contributed by atoms with E-state index in [0.717, 1.165) is 0 Å². The number of aromatic carboxylic acids is 1. The van der Waals surface area contributed by atoms with Crippen LogP contribution in [0.2, 0.25) is 0 Å². The van der Waals surface area contributed by atoms with Crippen molar-refractivity contribution in [1.82, 2.24) is 0 Å². The van der Waals surface area contributed by atoms with E-state index in [1.54, 1.807) is 31.4 Å². The first kappa shape index (κ1) is 20.1. The van der Waals surface area contributed by atoms with Crippen LogP contribution in [-0.2, 0) is 4.74 Å². The average molecular weight is 375 g/mol. The summed E-state index contributed by atoms with van der Waals surface area (Å²) >= 11 is 0. The molecular formula is C19H21NO7. The number of benzene rings is 2. The Bertz CT molecular complexity index is 802. The second-order valence-corrected chi connectivity index (χ2v) is 5.38. The van der Waals surface area contributed by atoms with Gasteiger partial charge in [-0.1, -0.05) is 0 Å². The molecule has 0 fully saturated rings. The fourth-order valence-corrected chi connectivity index (χ4v) is 2.32. The number of ether oxygens (including phenoxy) is 4. The maximum Gasteiger partial charge on any atom is 0.335 e. The highest BCUT2D eigenvalue weighted by molar-refractivity contribution is 6.06. The molecular weight excluding hydrogens is 354 g/mol. The molecule has 0 saturated heterocycles. The van der Waals surface area contributed by atoms with Crippen LogP contribution in [0.25, 0.3) is 0 Å². The van der Waals surface area contributed by atoms with Crippen LogP contribution in [0, 0.1) is 0 Å².